The topological polar surface area (TPSA) is 39.7 Å². The molecule has 0 fully saturated rings. The van der Waals surface area contributed by atoms with E-state index >= 15 is 0 Å². The zero-order chi connectivity index (χ0) is 17.9. The highest BCUT2D eigenvalue weighted by Crippen LogP contribution is 2.25. The Balaban J connectivity index is 1.85. The van der Waals surface area contributed by atoms with Crippen LogP contribution in [-0.2, 0) is 11.3 Å². The van der Waals surface area contributed by atoms with Crippen molar-refractivity contribution in [3.63, 3.8) is 0 Å². The Morgan fingerprint density at radius 1 is 0.920 bits per heavy atom. The molecule has 0 unspecified atom stereocenters. The lowest BCUT2D eigenvalue weighted by Crippen LogP contribution is -2.08. The minimum Gasteiger partial charge on any atom is -0.491 e. The molecule has 0 aliphatic rings. The lowest BCUT2D eigenvalue weighted by molar-refractivity contribution is 0.110. The molecule has 1 N–H and O–H groups in total. The van der Waals surface area contributed by atoms with Crippen LogP contribution in [0.2, 0.25) is 0 Å². The average Bonchev–Trinajstić information content (AvgIpc) is 2.63. The van der Waals surface area contributed by atoms with Crippen molar-refractivity contribution < 1.29 is 14.2 Å². The highest BCUT2D eigenvalue weighted by molar-refractivity contribution is 5.56. The van der Waals surface area contributed by atoms with E-state index in [2.05, 4.69) is 31.3 Å². The van der Waals surface area contributed by atoms with Crippen molar-refractivity contribution >= 4 is 5.69 Å². The van der Waals surface area contributed by atoms with E-state index in [0.717, 1.165) is 30.3 Å². The molecule has 0 radical (unpaired) electrons. The van der Waals surface area contributed by atoms with Crippen molar-refractivity contribution in [2.24, 2.45) is 5.92 Å². The molecular weight excluding hydrogens is 314 g/mol. The predicted octanol–water partition coefficient (Wildman–Crippen LogP) is 4.75. The van der Waals surface area contributed by atoms with Crippen LogP contribution in [-0.4, -0.2) is 26.4 Å². The van der Waals surface area contributed by atoms with Gasteiger partial charge in [-0.1, -0.05) is 38.1 Å². The first-order chi connectivity index (χ1) is 12.2. The molecule has 0 bridgehead atoms. The Bertz CT molecular complexity index is 611. The first-order valence-corrected chi connectivity index (χ1v) is 8.94. The maximum Gasteiger partial charge on any atom is 0.142 e. The molecule has 136 valence electrons. The molecule has 0 saturated heterocycles. The van der Waals surface area contributed by atoms with E-state index < -0.39 is 0 Å². The Hall–Kier alpha value is -2.20. The first-order valence-electron chi connectivity index (χ1n) is 8.94. The van der Waals surface area contributed by atoms with E-state index in [0.29, 0.717) is 25.7 Å². The number of nitrogens with one attached hydrogen (secondary N) is 1. The molecule has 0 aliphatic carbocycles. The van der Waals surface area contributed by atoms with E-state index in [1.54, 1.807) is 0 Å². The second-order valence-corrected chi connectivity index (χ2v) is 6.24. The molecular formula is C21H29NO3. The normalized spacial score (nSPS) is 10.7. The Labute approximate surface area is 151 Å². The highest BCUT2D eigenvalue weighted by atomic mass is 16.5. The molecule has 2 aromatic carbocycles. The van der Waals surface area contributed by atoms with Gasteiger partial charge in [0.25, 0.3) is 0 Å². The van der Waals surface area contributed by atoms with Gasteiger partial charge < -0.3 is 19.5 Å². The number of hydrogen-bond acceptors (Lipinski definition) is 4. The quantitative estimate of drug-likeness (QED) is 0.598. The van der Waals surface area contributed by atoms with Crippen LogP contribution in [0, 0.1) is 5.92 Å². The molecule has 0 aromatic heterocycles. The van der Waals surface area contributed by atoms with Gasteiger partial charge in [0.15, 0.2) is 0 Å². The molecule has 2 aromatic rings. The third kappa shape index (κ3) is 7.06. The van der Waals surface area contributed by atoms with E-state index in [-0.39, 0.29) is 0 Å². The van der Waals surface area contributed by atoms with Crippen LogP contribution < -0.4 is 14.8 Å². The van der Waals surface area contributed by atoms with Gasteiger partial charge in [-0.2, -0.15) is 0 Å². The second kappa shape index (κ2) is 10.6. The number of benzene rings is 2. The van der Waals surface area contributed by atoms with Gasteiger partial charge in [-0.05, 0) is 42.7 Å². The molecule has 0 amide bonds. The van der Waals surface area contributed by atoms with Gasteiger partial charge >= 0.3 is 0 Å². The molecule has 4 nitrogen and oxygen atoms in total. The third-order valence-electron chi connectivity index (χ3n) is 3.57. The fraction of sp³-hybridized carbons (Fsp3) is 0.429. The zero-order valence-corrected chi connectivity index (χ0v) is 15.5. The molecule has 0 heterocycles. The minimum absolute atomic E-state index is 0.503. The number of para-hydroxylation sites is 2. The van der Waals surface area contributed by atoms with Gasteiger partial charge in [-0.3, -0.25) is 0 Å². The van der Waals surface area contributed by atoms with Gasteiger partial charge in [0.2, 0.25) is 0 Å². The Morgan fingerprint density at radius 2 is 1.68 bits per heavy atom. The standard InChI is InChI=1S/C21H29NO3/c1-4-23-13-14-24-19-11-9-18(10-12-19)15-22-20-7-5-6-8-21(20)25-16-17(2)3/h5-12,17,22H,4,13-16H2,1-3H3. The number of rotatable bonds is 11. The lowest BCUT2D eigenvalue weighted by atomic mass is 10.2. The highest BCUT2D eigenvalue weighted by Gasteiger charge is 2.04. The fourth-order valence-corrected chi connectivity index (χ4v) is 2.26. The zero-order valence-electron chi connectivity index (χ0n) is 15.5. The van der Waals surface area contributed by atoms with Crippen LogP contribution in [0.15, 0.2) is 48.5 Å². The van der Waals surface area contributed by atoms with Crippen molar-refractivity contribution in [1.29, 1.82) is 0 Å². The van der Waals surface area contributed by atoms with Gasteiger partial charge in [0.05, 0.1) is 18.9 Å². The van der Waals surface area contributed by atoms with Crippen molar-refractivity contribution in [3.05, 3.63) is 54.1 Å². The monoisotopic (exact) mass is 343 g/mol. The van der Waals surface area contributed by atoms with Crippen LogP contribution in [0.3, 0.4) is 0 Å². The summed E-state index contributed by atoms with van der Waals surface area (Å²) in [5, 5.41) is 3.45. The summed E-state index contributed by atoms with van der Waals surface area (Å²) in [5.41, 5.74) is 2.20. The molecule has 0 atom stereocenters. The summed E-state index contributed by atoms with van der Waals surface area (Å²) in [4.78, 5) is 0. The SMILES string of the molecule is CCOCCOc1ccc(CNc2ccccc2OCC(C)C)cc1. The van der Waals surface area contributed by atoms with Crippen LogP contribution >= 0.6 is 0 Å². The van der Waals surface area contributed by atoms with E-state index in [4.69, 9.17) is 14.2 Å². The summed E-state index contributed by atoms with van der Waals surface area (Å²) in [6, 6.07) is 16.2. The number of hydrogen-bond donors (Lipinski definition) is 1. The summed E-state index contributed by atoms with van der Waals surface area (Å²) < 4.78 is 16.8. The van der Waals surface area contributed by atoms with E-state index in [1.165, 1.54) is 5.56 Å². The average molecular weight is 343 g/mol. The Morgan fingerprint density at radius 3 is 2.40 bits per heavy atom. The van der Waals surface area contributed by atoms with Gasteiger partial charge in [-0.15, -0.1) is 0 Å². The fourth-order valence-electron chi connectivity index (χ4n) is 2.26. The molecule has 0 aliphatic heterocycles. The summed E-state index contributed by atoms with van der Waals surface area (Å²) in [5.74, 6) is 2.26. The summed E-state index contributed by atoms with van der Waals surface area (Å²) in [6.45, 7) is 9.64. The molecule has 25 heavy (non-hydrogen) atoms. The van der Waals surface area contributed by atoms with Crippen molar-refractivity contribution in [2.75, 3.05) is 31.7 Å². The van der Waals surface area contributed by atoms with E-state index in [9.17, 15) is 0 Å². The van der Waals surface area contributed by atoms with Crippen LogP contribution in [0.1, 0.15) is 26.3 Å². The first kappa shape index (κ1) is 19.1. The molecule has 0 spiro atoms. The van der Waals surface area contributed by atoms with Gasteiger partial charge in [0, 0.05) is 13.2 Å². The third-order valence-corrected chi connectivity index (χ3v) is 3.57. The summed E-state index contributed by atoms with van der Waals surface area (Å²) in [6.07, 6.45) is 0. The minimum atomic E-state index is 0.503. The lowest BCUT2D eigenvalue weighted by Gasteiger charge is -2.14. The maximum atomic E-state index is 5.88. The number of anilines is 1. The molecule has 2 rings (SSSR count). The summed E-state index contributed by atoms with van der Waals surface area (Å²) in [7, 11) is 0. The van der Waals surface area contributed by atoms with Crippen LogP contribution in [0.25, 0.3) is 0 Å². The van der Waals surface area contributed by atoms with Gasteiger partial charge in [0.1, 0.15) is 18.1 Å². The van der Waals surface area contributed by atoms with Crippen molar-refractivity contribution in [1.82, 2.24) is 0 Å². The summed E-state index contributed by atoms with van der Waals surface area (Å²) >= 11 is 0. The van der Waals surface area contributed by atoms with Crippen LogP contribution in [0.5, 0.6) is 11.5 Å². The van der Waals surface area contributed by atoms with E-state index in [1.807, 2.05) is 43.3 Å². The maximum absolute atomic E-state index is 5.88. The van der Waals surface area contributed by atoms with Crippen LogP contribution in [0.4, 0.5) is 5.69 Å². The largest absolute Gasteiger partial charge is 0.491 e. The predicted molar refractivity (Wildman–Crippen MR) is 103 cm³/mol. The smallest absolute Gasteiger partial charge is 0.142 e. The molecule has 4 heteroatoms. The van der Waals surface area contributed by atoms with Crippen molar-refractivity contribution in [3.8, 4) is 11.5 Å². The Kier molecular flexibility index (Phi) is 8.13. The molecule has 0 saturated carbocycles. The van der Waals surface area contributed by atoms with Gasteiger partial charge in [-0.25, -0.2) is 0 Å². The number of ether oxygens (including phenoxy) is 3. The van der Waals surface area contributed by atoms with Crippen molar-refractivity contribution in [2.45, 2.75) is 27.3 Å². The second-order valence-electron chi connectivity index (χ2n) is 6.24.